The van der Waals surface area contributed by atoms with Gasteiger partial charge in [-0.1, -0.05) is 43.2 Å². The maximum absolute atomic E-state index is 13.5. The van der Waals surface area contributed by atoms with Gasteiger partial charge in [0.1, 0.15) is 5.82 Å². The minimum atomic E-state index is -0.333. The van der Waals surface area contributed by atoms with Crippen LogP contribution in [0.2, 0.25) is 0 Å². The second kappa shape index (κ2) is 12.8. The first-order chi connectivity index (χ1) is 19.5. The average Bonchev–Trinajstić information content (AvgIpc) is 3.42. The molecule has 3 amide bonds. The Labute approximate surface area is 234 Å². The summed E-state index contributed by atoms with van der Waals surface area (Å²) in [5.74, 6) is -0.483. The second-order valence-corrected chi connectivity index (χ2v) is 10.5. The molecule has 5 rings (SSSR count). The summed E-state index contributed by atoms with van der Waals surface area (Å²) in [7, 11) is 0. The van der Waals surface area contributed by atoms with Gasteiger partial charge in [0.15, 0.2) is 0 Å². The molecule has 3 aromatic rings. The lowest BCUT2D eigenvalue weighted by atomic mass is 10.1. The zero-order valence-electron chi connectivity index (χ0n) is 22.6. The molecule has 1 heterocycles. The van der Waals surface area contributed by atoms with Crippen LogP contribution in [0.5, 0.6) is 0 Å². The highest BCUT2D eigenvalue weighted by Crippen LogP contribution is 2.29. The van der Waals surface area contributed by atoms with E-state index in [-0.39, 0.29) is 36.0 Å². The Kier molecular flexibility index (Phi) is 8.74. The molecule has 1 saturated carbocycles. The van der Waals surface area contributed by atoms with Gasteiger partial charge in [0, 0.05) is 55.6 Å². The molecule has 1 saturated heterocycles. The van der Waals surface area contributed by atoms with E-state index in [1.54, 1.807) is 48.5 Å². The normalized spacial score (nSPS) is 15.9. The molecule has 8 heteroatoms. The van der Waals surface area contributed by atoms with E-state index < -0.39 is 0 Å². The van der Waals surface area contributed by atoms with E-state index in [1.807, 2.05) is 17.0 Å². The standard InChI is InChI=1S/C32H35FN4O3/c33-26-13-11-23(12-14-26)22-34-31(39)28-21-27(35-30(38)24-7-2-1-3-8-24)15-16-29(28)36-17-6-18-37(20-19-36)32(40)25-9-4-5-10-25/h1-3,7-8,11-16,21,25H,4-6,9-10,17-20,22H2,(H,34,39)(H,35,38). The van der Waals surface area contributed by atoms with Crippen molar-refractivity contribution >= 4 is 29.1 Å². The second-order valence-electron chi connectivity index (χ2n) is 10.5. The Hall–Kier alpha value is -4.20. The van der Waals surface area contributed by atoms with E-state index >= 15 is 0 Å². The maximum Gasteiger partial charge on any atom is 0.255 e. The monoisotopic (exact) mass is 542 g/mol. The number of nitrogens with zero attached hydrogens (tertiary/aromatic N) is 2. The largest absolute Gasteiger partial charge is 0.369 e. The number of benzene rings is 3. The zero-order chi connectivity index (χ0) is 27.9. The average molecular weight is 543 g/mol. The minimum Gasteiger partial charge on any atom is -0.369 e. The Bertz CT molecular complexity index is 1340. The summed E-state index contributed by atoms with van der Waals surface area (Å²) in [4.78, 5) is 43.5. The van der Waals surface area contributed by atoms with E-state index in [0.717, 1.165) is 43.4 Å². The number of halogens is 1. The van der Waals surface area contributed by atoms with Gasteiger partial charge in [-0.15, -0.1) is 0 Å². The van der Waals surface area contributed by atoms with E-state index in [2.05, 4.69) is 15.5 Å². The summed E-state index contributed by atoms with van der Waals surface area (Å²) in [5.41, 5.74) is 3.00. The van der Waals surface area contributed by atoms with Crippen molar-refractivity contribution < 1.29 is 18.8 Å². The van der Waals surface area contributed by atoms with Crippen LogP contribution in [0.15, 0.2) is 72.8 Å². The lowest BCUT2D eigenvalue weighted by Crippen LogP contribution is -2.38. The zero-order valence-corrected chi connectivity index (χ0v) is 22.6. The third kappa shape index (κ3) is 6.68. The van der Waals surface area contributed by atoms with Crippen molar-refractivity contribution in [2.75, 3.05) is 36.4 Å². The smallest absolute Gasteiger partial charge is 0.255 e. The van der Waals surface area contributed by atoms with Gasteiger partial charge in [-0.2, -0.15) is 0 Å². The summed E-state index contributed by atoms with van der Waals surface area (Å²) in [5, 5.41) is 5.84. The van der Waals surface area contributed by atoms with Crippen LogP contribution in [0.4, 0.5) is 15.8 Å². The van der Waals surface area contributed by atoms with Crippen LogP contribution in [0.3, 0.4) is 0 Å². The van der Waals surface area contributed by atoms with Crippen molar-refractivity contribution in [2.24, 2.45) is 5.92 Å². The first-order valence-corrected chi connectivity index (χ1v) is 14.0. The van der Waals surface area contributed by atoms with Crippen molar-refractivity contribution in [1.82, 2.24) is 10.2 Å². The number of hydrogen-bond acceptors (Lipinski definition) is 4. The lowest BCUT2D eigenvalue weighted by molar-refractivity contribution is -0.135. The molecule has 40 heavy (non-hydrogen) atoms. The predicted octanol–water partition coefficient (Wildman–Crippen LogP) is 5.24. The lowest BCUT2D eigenvalue weighted by Gasteiger charge is -2.27. The van der Waals surface area contributed by atoms with Gasteiger partial charge in [0.25, 0.3) is 11.8 Å². The summed E-state index contributed by atoms with van der Waals surface area (Å²) in [6.45, 7) is 2.89. The molecular weight excluding hydrogens is 507 g/mol. The van der Waals surface area contributed by atoms with Crippen molar-refractivity contribution in [3.8, 4) is 0 Å². The molecule has 0 atom stereocenters. The Balaban J connectivity index is 1.35. The SMILES string of the molecule is O=C(Nc1ccc(N2CCCN(C(=O)C3CCCC3)CC2)c(C(=O)NCc2ccc(F)cc2)c1)c1ccccc1. The van der Waals surface area contributed by atoms with Crippen molar-refractivity contribution in [3.05, 3.63) is 95.3 Å². The molecule has 0 bridgehead atoms. The fraction of sp³-hybridized carbons (Fsp3) is 0.344. The molecule has 3 aromatic carbocycles. The topological polar surface area (TPSA) is 81.8 Å². The Morgan fingerprint density at radius 3 is 2.30 bits per heavy atom. The van der Waals surface area contributed by atoms with E-state index in [4.69, 9.17) is 0 Å². The van der Waals surface area contributed by atoms with Crippen LogP contribution in [0, 0.1) is 11.7 Å². The number of hydrogen-bond donors (Lipinski definition) is 2. The van der Waals surface area contributed by atoms with Crippen molar-refractivity contribution in [3.63, 3.8) is 0 Å². The third-order valence-corrected chi connectivity index (χ3v) is 7.75. The van der Waals surface area contributed by atoms with Crippen LogP contribution in [-0.2, 0) is 11.3 Å². The van der Waals surface area contributed by atoms with Crippen LogP contribution in [0.1, 0.15) is 58.4 Å². The molecule has 0 unspecified atom stereocenters. The molecule has 2 aliphatic rings. The number of anilines is 2. The molecule has 0 spiro atoms. The van der Waals surface area contributed by atoms with E-state index in [0.29, 0.717) is 43.0 Å². The minimum absolute atomic E-state index is 0.145. The predicted molar refractivity (Wildman–Crippen MR) is 154 cm³/mol. The molecule has 2 N–H and O–H groups in total. The summed E-state index contributed by atoms with van der Waals surface area (Å²) in [6, 6.07) is 20.3. The summed E-state index contributed by atoms with van der Waals surface area (Å²) >= 11 is 0. The summed E-state index contributed by atoms with van der Waals surface area (Å²) < 4.78 is 13.3. The van der Waals surface area contributed by atoms with E-state index in [1.165, 1.54) is 12.1 Å². The first kappa shape index (κ1) is 27.4. The van der Waals surface area contributed by atoms with Crippen molar-refractivity contribution in [1.29, 1.82) is 0 Å². The third-order valence-electron chi connectivity index (χ3n) is 7.75. The molecule has 1 aliphatic carbocycles. The summed E-state index contributed by atoms with van der Waals surface area (Å²) in [6.07, 6.45) is 5.02. The van der Waals surface area contributed by atoms with Crippen LogP contribution in [-0.4, -0.2) is 48.8 Å². The molecule has 0 radical (unpaired) electrons. The number of carbonyl (C=O) groups excluding carboxylic acids is 3. The molecule has 1 aliphatic heterocycles. The van der Waals surface area contributed by atoms with Crippen LogP contribution in [0.25, 0.3) is 0 Å². The first-order valence-electron chi connectivity index (χ1n) is 14.0. The number of rotatable bonds is 7. The highest BCUT2D eigenvalue weighted by Gasteiger charge is 2.29. The maximum atomic E-state index is 13.5. The highest BCUT2D eigenvalue weighted by atomic mass is 19.1. The van der Waals surface area contributed by atoms with Gasteiger partial charge in [-0.05, 0) is 67.3 Å². The fourth-order valence-corrected chi connectivity index (χ4v) is 5.55. The van der Waals surface area contributed by atoms with Gasteiger partial charge in [-0.3, -0.25) is 14.4 Å². The molecule has 0 aromatic heterocycles. The number of amides is 3. The molecule has 208 valence electrons. The van der Waals surface area contributed by atoms with E-state index in [9.17, 15) is 18.8 Å². The van der Waals surface area contributed by atoms with Gasteiger partial charge in [-0.25, -0.2) is 4.39 Å². The quantitative estimate of drug-likeness (QED) is 0.428. The fourth-order valence-electron chi connectivity index (χ4n) is 5.55. The Morgan fingerprint density at radius 1 is 0.800 bits per heavy atom. The van der Waals surface area contributed by atoms with Gasteiger partial charge < -0.3 is 20.4 Å². The van der Waals surface area contributed by atoms with Crippen LogP contribution >= 0.6 is 0 Å². The molecular formula is C32H35FN4O3. The van der Waals surface area contributed by atoms with Crippen LogP contribution < -0.4 is 15.5 Å². The van der Waals surface area contributed by atoms with Gasteiger partial charge in [0.05, 0.1) is 5.56 Å². The number of nitrogens with one attached hydrogen (secondary N) is 2. The Morgan fingerprint density at radius 2 is 1.55 bits per heavy atom. The molecule has 2 fully saturated rings. The highest BCUT2D eigenvalue weighted by molar-refractivity contribution is 6.06. The van der Waals surface area contributed by atoms with Gasteiger partial charge >= 0.3 is 0 Å². The van der Waals surface area contributed by atoms with Crippen molar-refractivity contribution in [2.45, 2.75) is 38.6 Å². The van der Waals surface area contributed by atoms with Gasteiger partial charge in [0.2, 0.25) is 5.91 Å². The number of carbonyl (C=O) groups is 3. The molecule has 7 nitrogen and oxygen atoms in total.